The number of nitro benzene ring substituents is 2. The number of halogens is 7. The molecule has 6 aromatic carbocycles. The molecule has 64 heavy (non-hydrogen) atoms. The minimum absolute atomic E-state index is 0.0221. The Labute approximate surface area is 354 Å². The molecule has 3 heterocycles. The van der Waals surface area contributed by atoms with Gasteiger partial charge in [-0.05, 0) is 60.7 Å². The second-order valence-electron chi connectivity index (χ2n) is 12.7. The lowest BCUT2D eigenvalue weighted by atomic mass is 10.1. The van der Waals surface area contributed by atoms with E-state index < -0.39 is 102 Å². The molecule has 0 fully saturated rings. The maximum absolute atomic E-state index is 13.7. The van der Waals surface area contributed by atoms with Crippen LogP contribution < -0.4 is 16.9 Å². The van der Waals surface area contributed by atoms with E-state index in [0.29, 0.717) is 0 Å². The van der Waals surface area contributed by atoms with E-state index in [4.69, 9.17) is 24.9 Å². The molecule has 0 amide bonds. The van der Waals surface area contributed by atoms with E-state index in [1.807, 2.05) is 0 Å². The van der Waals surface area contributed by atoms with Crippen molar-refractivity contribution in [3.63, 3.8) is 0 Å². The largest absolute Gasteiger partial charge is 0.403 e. The minimum atomic E-state index is -1.09. The first-order valence-corrected chi connectivity index (χ1v) is 18.0. The molecule has 0 aliphatic rings. The Hall–Kier alpha value is -8.59. The summed E-state index contributed by atoms with van der Waals surface area (Å²) in [5.74, 6) is -7.12. The van der Waals surface area contributed by atoms with E-state index in [1.165, 1.54) is 36.4 Å². The van der Waals surface area contributed by atoms with Crippen LogP contribution in [0.4, 0.5) is 37.7 Å². The molecule has 0 N–H and O–H groups in total. The van der Waals surface area contributed by atoms with Crippen LogP contribution in [0.5, 0.6) is 0 Å². The van der Waals surface area contributed by atoms with Gasteiger partial charge in [-0.25, -0.2) is 55.7 Å². The third-order valence-corrected chi connectivity index (χ3v) is 9.11. The number of nitro groups is 2. The summed E-state index contributed by atoms with van der Waals surface area (Å²) < 4.78 is 96.7. The van der Waals surface area contributed by atoms with Gasteiger partial charge >= 0.3 is 16.9 Å². The highest BCUT2D eigenvalue weighted by Gasteiger charge is 2.23. The number of hydrogen-bond acceptors (Lipinski definition) is 13. The minimum Gasteiger partial charge on any atom is -0.403 e. The lowest BCUT2D eigenvalue weighted by molar-refractivity contribution is -0.384. The summed E-state index contributed by atoms with van der Waals surface area (Å²) in [5, 5.41) is 21.5. The van der Waals surface area contributed by atoms with Crippen LogP contribution in [0.2, 0.25) is 5.02 Å². The Balaban J connectivity index is 0.000000144. The van der Waals surface area contributed by atoms with Gasteiger partial charge in [0, 0.05) is 18.2 Å². The van der Waals surface area contributed by atoms with Gasteiger partial charge in [0.1, 0.15) is 57.0 Å². The molecule has 0 bridgehead atoms. The van der Waals surface area contributed by atoms with E-state index in [1.54, 1.807) is 6.07 Å². The molecular weight excluding hydrogens is 884 g/mol. The topological polar surface area (TPSA) is 216 Å². The third kappa shape index (κ3) is 8.63. The Morgan fingerprint density at radius 2 is 0.859 bits per heavy atom. The highest BCUT2D eigenvalue weighted by Crippen LogP contribution is 2.30. The van der Waals surface area contributed by atoms with Crippen molar-refractivity contribution in [1.29, 1.82) is 0 Å². The van der Waals surface area contributed by atoms with Crippen LogP contribution in [0.25, 0.3) is 67.1 Å². The highest BCUT2D eigenvalue weighted by molar-refractivity contribution is 6.35. The van der Waals surface area contributed by atoms with Crippen LogP contribution >= 0.6 is 11.6 Å². The van der Waals surface area contributed by atoms with Gasteiger partial charge in [0.15, 0.2) is 5.39 Å². The van der Waals surface area contributed by atoms with Crippen LogP contribution in [-0.4, -0.2) is 24.8 Å². The summed E-state index contributed by atoms with van der Waals surface area (Å²) in [6, 6.07) is 21.2. The van der Waals surface area contributed by atoms with Crippen molar-refractivity contribution in [2.45, 2.75) is 0 Å². The molecule has 0 aliphatic heterocycles. The zero-order chi connectivity index (χ0) is 46.0. The average Bonchev–Trinajstić information content (AvgIpc) is 3.23. The smallest absolute Gasteiger partial charge is 0.354 e. The molecule has 0 atom stereocenters. The van der Waals surface area contributed by atoms with E-state index >= 15 is 0 Å². The molecular formula is C42H18ClF6N5O10. The Morgan fingerprint density at radius 3 is 1.31 bits per heavy atom. The lowest BCUT2D eigenvalue weighted by Crippen LogP contribution is -2.07. The molecule has 22 heteroatoms. The third-order valence-electron chi connectivity index (χ3n) is 8.79. The molecule has 0 saturated heterocycles. The number of benzene rings is 6. The molecule has 320 valence electrons. The van der Waals surface area contributed by atoms with Crippen LogP contribution in [0.15, 0.2) is 137 Å². The Kier molecular flexibility index (Phi) is 12.1. The zero-order valence-electron chi connectivity index (χ0n) is 31.4. The second-order valence-corrected chi connectivity index (χ2v) is 13.1. The van der Waals surface area contributed by atoms with Gasteiger partial charge in [0.05, 0.1) is 36.8 Å². The maximum atomic E-state index is 13.7. The standard InChI is InChI=1S/C14H6ClF2NO2.2C14H6F2N2O4/c15-7-3-1-6-10-11(7)14(19)20-13(18-10)12-8(16)4-2-5-9(12)17;15-7-3-1-4-8(16)11(7)13-17-9-5-2-6-10(18(20)21)12(9)14(19)22-13;15-9-2-1-3-10(16)12(9)13-17-11-6-7(18(20)21)4-5-8(11)14(19)22-13/h1-6H;2*1-6H. The quantitative estimate of drug-likeness (QED) is 0.0894. The maximum Gasteiger partial charge on any atom is 0.354 e. The Bertz CT molecular complexity index is 3430. The van der Waals surface area contributed by atoms with E-state index in [0.717, 1.165) is 66.7 Å². The molecule has 0 aliphatic carbocycles. The van der Waals surface area contributed by atoms with E-state index in [-0.39, 0.29) is 43.4 Å². The molecule has 9 rings (SSSR count). The molecule has 15 nitrogen and oxygen atoms in total. The lowest BCUT2D eigenvalue weighted by Gasteiger charge is -2.04. The van der Waals surface area contributed by atoms with Gasteiger partial charge in [-0.2, -0.15) is 0 Å². The van der Waals surface area contributed by atoms with Crippen molar-refractivity contribution in [3.8, 4) is 34.4 Å². The number of rotatable bonds is 5. The fourth-order valence-electron chi connectivity index (χ4n) is 5.93. The number of nitrogens with zero attached hydrogens (tertiary/aromatic N) is 5. The molecule has 0 radical (unpaired) electrons. The van der Waals surface area contributed by atoms with E-state index in [9.17, 15) is 61.0 Å². The second kappa shape index (κ2) is 17.8. The molecule has 0 unspecified atom stereocenters. The van der Waals surface area contributed by atoms with Crippen molar-refractivity contribution in [1.82, 2.24) is 15.0 Å². The summed E-state index contributed by atoms with van der Waals surface area (Å²) >= 11 is 5.88. The highest BCUT2D eigenvalue weighted by atomic mass is 35.5. The number of non-ortho nitro benzene ring substituents is 2. The number of fused-ring (bicyclic) bond motifs is 3. The predicted molar refractivity (Wildman–Crippen MR) is 215 cm³/mol. The summed E-state index contributed by atoms with van der Waals surface area (Å²) in [6.45, 7) is 0. The Morgan fingerprint density at radius 1 is 0.469 bits per heavy atom. The van der Waals surface area contributed by atoms with Crippen molar-refractivity contribution in [3.05, 3.63) is 201 Å². The van der Waals surface area contributed by atoms with Gasteiger partial charge in [-0.15, -0.1) is 0 Å². The number of hydrogen-bond donors (Lipinski definition) is 0. The predicted octanol–water partition coefficient (Wildman–Crippen LogP) is 9.87. The summed E-state index contributed by atoms with van der Waals surface area (Å²) in [7, 11) is 0. The molecule has 9 aromatic rings. The van der Waals surface area contributed by atoms with Gasteiger partial charge in [0.2, 0.25) is 17.7 Å². The van der Waals surface area contributed by atoms with Gasteiger partial charge in [-0.3, -0.25) is 20.2 Å². The molecule has 0 saturated carbocycles. The van der Waals surface area contributed by atoms with Crippen molar-refractivity contribution in [2.75, 3.05) is 0 Å². The van der Waals surface area contributed by atoms with Gasteiger partial charge in [-0.1, -0.05) is 41.9 Å². The summed E-state index contributed by atoms with van der Waals surface area (Å²) in [4.78, 5) is 67.5. The normalized spacial score (nSPS) is 10.9. The average molecular weight is 902 g/mol. The SMILES string of the molecule is O=c1oc(-c2c(F)cccc2F)nc2cc([N+](=O)[O-])ccc12.O=c1oc(-c2c(F)cccc2F)nc2cccc(Cl)c12.O=c1oc(-c2c(F)cccc2F)nc2cccc([N+](=O)[O-])c12. The van der Waals surface area contributed by atoms with Crippen molar-refractivity contribution >= 4 is 55.7 Å². The fourth-order valence-corrected chi connectivity index (χ4v) is 6.18. The van der Waals surface area contributed by atoms with Crippen LogP contribution in [0.1, 0.15) is 0 Å². The fraction of sp³-hybridized carbons (Fsp3) is 0. The van der Waals surface area contributed by atoms with Crippen LogP contribution in [0, 0.1) is 55.1 Å². The first-order valence-electron chi connectivity index (χ1n) is 17.6. The summed E-state index contributed by atoms with van der Waals surface area (Å²) in [6.07, 6.45) is 0. The van der Waals surface area contributed by atoms with Gasteiger partial charge < -0.3 is 13.3 Å². The molecule has 3 aromatic heterocycles. The van der Waals surface area contributed by atoms with Crippen LogP contribution in [-0.2, 0) is 0 Å². The van der Waals surface area contributed by atoms with Crippen molar-refractivity contribution in [2.24, 2.45) is 0 Å². The monoisotopic (exact) mass is 901 g/mol. The zero-order valence-corrected chi connectivity index (χ0v) is 32.1. The van der Waals surface area contributed by atoms with Crippen LogP contribution in [0.3, 0.4) is 0 Å². The van der Waals surface area contributed by atoms with E-state index in [2.05, 4.69) is 15.0 Å². The summed E-state index contributed by atoms with van der Waals surface area (Å²) in [5.41, 5.74) is -5.19. The first-order chi connectivity index (χ1) is 30.5. The van der Waals surface area contributed by atoms with Gasteiger partial charge in [0.25, 0.3) is 11.4 Å². The first kappa shape index (κ1) is 43.5. The van der Waals surface area contributed by atoms with Crippen molar-refractivity contribution < 1.29 is 49.4 Å². The molecule has 0 spiro atoms. The number of aromatic nitrogens is 3.